The molecule has 0 heterocycles. The van der Waals surface area contributed by atoms with Crippen LogP contribution in [0.2, 0.25) is 0 Å². The molecule has 0 unspecified atom stereocenters. The predicted molar refractivity (Wildman–Crippen MR) is 112 cm³/mol. The molecule has 0 bridgehead atoms. The van der Waals surface area contributed by atoms with Gasteiger partial charge in [-0.1, -0.05) is 24.3 Å². The molecule has 2 aromatic carbocycles. The van der Waals surface area contributed by atoms with E-state index in [1.807, 2.05) is 70.2 Å². The molecule has 6 heteroatoms. The van der Waals surface area contributed by atoms with Gasteiger partial charge in [0.2, 0.25) is 11.8 Å². The Morgan fingerprint density at radius 2 is 1.79 bits per heavy atom. The number of carbonyl (C=O) groups is 2. The van der Waals surface area contributed by atoms with Crippen molar-refractivity contribution in [3.05, 3.63) is 59.2 Å². The minimum Gasteiger partial charge on any atom is -0.490 e. The van der Waals surface area contributed by atoms with Crippen LogP contribution in [-0.4, -0.2) is 24.1 Å². The molecular formula is C22H27N3O3. The van der Waals surface area contributed by atoms with E-state index in [-0.39, 0.29) is 30.8 Å². The summed E-state index contributed by atoms with van der Waals surface area (Å²) in [4.78, 5) is 24.0. The molecule has 0 aromatic heterocycles. The van der Waals surface area contributed by atoms with Gasteiger partial charge in [0.05, 0.1) is 12.3 Å². The summed E-state index contributed by atoms with van der Waals surface area (Å²) in [5, 5.41) is 6.80. The van der Waals surface area contributed by atoms with Crippen LogP contribution in [-0.2, 0) is 9.59 Å². The Balaban J connectivity index is 1.82. The van der Waals surface area contributed by atoms with Crippen molar-refractivity contribution in [2.24, 2.45) is 5.10 Å². The highest BCUT2D eigenvalue weighted by molar-refractivity contribution is 5.94. The number of amides is 2. The standard InChI is InChI=1S/C22H27N3O3/c1-15(2)28-20-8-6-5-7-18(20)14-23-25-22(27)12-11-21(26)24-19-13-16(3)9-10-17(19)4/h5-10,13-15H,11-12H2,1-4H3,(H,24,26)(H,25,27). The fraction of sp³-hybridized carbons (Fsp3) is 0.318. The minimum atomic E-state index is -0.324. The molecule has 0 fully saturated rings. The molecule has 2 rings (SSSR count). The molecule has 0 aliphatic rings. The number of hydrogen-bond donors (Lipinski definition) is 2. The van der Waals surface area contributed by atoms with E-state index >= 15 is 0 Å². The number of nitrogens with zero attached hydrogens (tertiary/aromatic N) is 1. The molecule has 0 radical (unpaired) electrons. The average Bonchev–Trinajstić information content (AvgIpc) is 2.64. The van der Waals surface area contributed by atoms with Crippen molar-refractivity contribution < 1.29 is 14.3 Å². The van der Waals surface area contributed by atoms with Crippen LogP contribution in [0.1, 0.15) is 43.4 Å². The summed E-state index contributed by atoms with van der Waals surface area (Å²) in [5.41, 5.74) is 6.03. The highest BCUT2D eigenvalue weighted by Gasteiger charge is 2.08. The van der Waals surface area contributed by atoms with Crippen molar-refractivity contribution in [2.75, 3.05) is 5.32 Å². The third-order valence-electron chi connectivity index (χ3n) is 3.92. The molecule has 2 aromatic rings. The van der Waals surface area contributed by atoms with Crippen molar-refractivity contribution in [1.29, 1.82) is 0 Å². The van der Waals surface area contributed by atoms with Crippen molar-refractivity contribution in [3.8, 4) is 5.75 Å². The van der Waals surface area contributed by atoms with Crippen LogP contribution in [0.3, 0.4) is 0 Å². The van der Waals surface area contributed by atoms with Crippen LogP contribution < -0.4 is 15.5 Å². The van der Waals surface area contributed by atoms with Crippen molar-refractivity contribution >= 4 is 23.7 Å². The molecule has 28 heavy (non-hydrogen) atoms. The van der Waals surface area contributed by atoms with Gasteiger partial charge < -0.3 is 10.1 Å². The third-order valence-corrected chi connectivity index (χ3v) is 3.92. The molecule has 2 N–H and O–H groups in total. The number of hydrazone groups is 1. The molecule has 0 atom stereocenters. The molecule has 0 aliphatic carbocycles. The summed E-state index contributed by atoms with van der Waals surface area (Å²) < 4.78 is 5.70. The van der Waals surface area contributed by atoms with Crippen LogP contribution in [0.5, 0.6) is 5.75 Å². The van der Waals surface area contributed by atoms with Crippen LogP contribution >= 0.6 is 0 Å². The molecule has 0 saturated heterocycles. The number of carbonyl (C=O) groups excluding carboxylic acids is 2. The van der Waals surface area contributed by atoms with Crippen molar-refractivity contribution in [3.63, 3.8) is 0 Å². The smallest absolute Gasteiger partial charge is 0.240 e. The lowest BCUT2D eigenvalue weighted by atomic mass is 10.1. The SMILES string of the molecule is Cc1ccc(C)c(NC(=O)CCC(=O)NN=Cc2ccccc2OC(C)C)c1. The Hall–Kier alpha value is -3.15. The molecule has 0 saturated carbocycles. The average molecular weight is 381 g/mol. The van der Waals surface area contributed by atoms with Gasteiger partial charge in [0, 0.05) is 24.1 Å². The number of benzene rings is 2. The molecule has 2 amide bonds. The minimum absolute atomic E-state index is 0.0414. The Morgan fingerprint density at radius 3 is 2.54 bits per heavy atom. The van der Waals surface area contributed by atoms with Gasteiger partial charge in [-0.3, -0.25) is 9.59 Å². The maximum absolute atomic E-state index is 12.1. The Labute approximate surface area is 166 Å². The second-order valence-electron chi connectivity index (χ2n) is 6.86. The van der Waals surface area contributed by atoms with Gasteiger partial charge in [-0.2, -0.15) is 5.10 Å². The first-order chi connectivity index (χ1) is 13.3. The summed E-state index contributed by atoms with van der Waals surface area (Å²) in [6, 6.07) is 13.3. The zero-order valence-corrected chi connectivity index (χ0v) is 16.8. The van der Waals surface area contributed by atoms with E-state index < -0.39 is 0 Å². The second kappa shape index (κ2) is 10.3. The fourth-order valence-electron chi connectivity index (χ4n) is 2.49. The summed E-state index contributed by atoms with van der Waals surface area (Å²) >= 11 is 0. The first kappa shape index (κ1) is 21.2. The number of hydrogen-bond acceptors (Lipinski definition) is 4. The molecule has 0 aliphatic heterocycles. The molecular weight excluding hydrogens is 354 g/mol. The molecule has 0 spiro atoms. The van der Waals surface area contributed by atoms with Gasteiger partial charge in [0.15, 0.2) is 0 Å². The number of nitrogens with one attached hydrogen (secondary N) is 2. The Morgan fingerprint density at radius 1 is 1.07 bits per heavy atom. The van der Waals surface area contributed by atoms with Gasteiger partial charge in [0.25, 0.3) is 0 Å². The van der Waals surface area contributed by atoms with Gasteiger partial charge >= 0.3 is 0 Å². The van der Waals surface area contributed by atoms with Gasteiger partial charge in [-0.05, 0) is 57.0 Å². The van der Waals surface area contributed by atoms with Gasteiger partial charge in [-0.15, -0.1) is 0 Å². The quantitative estimate of drug-likeness (QED) is 0.536. The van der Waals surface area contributed by atoms with Crippen LogP contribution in [0.25, 0.3) is 0 Å². The largest absolute Gasteiger partial charge is 0.490 e. The monoisotopic (exact) mass is 381 g/mol. The van der Waals surface area contributed by atoms with Crippen molar-refractivity contribution in [1.82, 2.24) is 5.43 Å². The van der Waals surface area contributed by atoms with E-state index in [4.69, 9.17) is 4.74 Å². The molecule has 6 nitrogen and oxygen atoms in total. The lowest BCUT2D eigenvalue weighted by molar-refractivity contribution is -0.124. The van der Waals surface area contributed by atoms with E-state index in [2.05, 4.69) is 15.8 Å². The summed E-state index contributed by atoms with van der Waals surface area (Å²) in [6.07, 6.45) is 1.71. The maximum atomic E-state index is 12.1. The van der Waals surface area contributed by atoms with Crippen molar-refractivity contribution in [2.45, 2.75) is 46.6 Å². The van der Waals surface area contributed by atoms with Gasteiger partial charge in [0.1, 0.15) is 5.75 Å². The van der Waals surface area contributed by atoms with Crippen LogP contribution in [0.15, 0.2) is 47.6 Å². The number of rotatable bonds is 8. The molecule has 148 valence electrons. The van der Waals surface area contributed by atoms with E-state index in [0.717, 1.165) is 22.4 Å². The zero-order valence-electron chi connectivity index (χ0n) is 16.8. The number of anilines is 1. The summed E-state index contributed by atoms with van der Waals surface area (Å²) in [7, 11) is 0. The Bertz CT molecular complexity index is 860. The summed E-state index contributed by atoms with van der Waals surface area (Å²) in [5.74, 6) is 0.168. The topological polar surface area (TPSA) is 79.8 Å². The first-order valence-corrected chi connectivity index (χ1v) is 9.30. The highest BCUT2D eigenvalue weighted by atomic mass is 16.5. The number of para-hydroxylation sites is 1. The maximum Gasteiger partial charge on any atom is 0.240 e. The third kappa shape index (κ3) is 6.87. The van der Waals surface area contributed by atoms with E-state index in [1.165, 1.54) is 6.21 Å². The van der Waals surface area contributed by atoms with Gasteiger partial charge in [-0.25, -0.2) is 5.43 Å². The van der Waals surface area contributed by atoms with E-state index in [0.29, 0.717) is 5.75 Å². The Kier molecular flexibility index (Phi) is 7.75. The van der Waals surface area contributed by atoms with Crippen LogP contribution in [0, 0.1) is 13.8 Å². The van der Waals surface area contributed by atoms with Crippen LogP contribution in [0.4, 0.5) is 5.69 Å². The predicted octanol–water partition coefficient (Wildman–Crippen LogP) is 3.96. The van der Waals surface area contributed by atoms with E-state index in [1.54, 1.807) is 0 Å². The lowest BCUT2D eigenvalue weighted by Gasteiger charge is -2.11. The summed E-state index contributed by atoms with van der Waals surface area (Å²) in [6.45, 7) is 7.78. The fourth-order valence-corrected chi connectivity index (χ4v) is 2.49. The second-order valence-corrected chi connectivity index (χ2v) is 6.86. The first-order valence-electron chi connectivity index (χ1n) is 9.30. The van der Waals surface area contributed by atoms with E-state index in [9.17, 15) is 9.59 Å². The number of aryl methyl sites for hydroxylation is 2. The normalized spacial score (nSPS) is 10.9. The lowest BCUT2D eigenvalue weighted by Crippen LogP contribution is -2.21. The zero-order chi connectivity index (χ0) is 20.5. The highest BCUT2D eigenvalue weighted by Crippen LogP contribution is 2.18. The number of ether oxygens (including phenoxy) is 1.